The molecule has 1 N–H and O–H groups in total. The largest absolute Gasteiger partial charge is 0.366 e. The van der Waals surface area contributed by atoms with Gasteiger partial charge in [0.25, 0.3) is 0 Å². The number of nitrogens with zero attached hydrogens (tertiary/aromatic N) is 2. The molecule has 1 saturated carbocycles. The van der Waals surface area contributed by atoms with Gasteiger partial charge >= 0.3 is 0 Å². The maximum absolute atomic E-state index is 4.25. The second-order valence-electron chi connectivity index (χ2n) is 4.45. The number of nitrogens with one attached hydrogen (secondary N) is 1. The van der Waals surface area contributed by atoms with E-state index in [2.05, 4.69) is 45.1 Å². The van der Waals surface area contributed by atoms with Crippen LogP contribution < -0.4 is 5.32 Å². The van der Waals surface area contributed by atoms with E-state index in [1.165, 1.54) is 12.8 Å². The zero-order valence-electron chi connectivity index (χ0n) is 8.42. The van der Waals surface area contributed by atoms with Gasteiger partial charge in [-0.2, -0.15) is 0 Å². The van der Waals surface area contributed by atoms with Gasteiger partial charge in [0.15, 0.2) is 0 Å². The fourth-order valence-corrected chi connectivity index (χ4v) is 1.90. The zero-order valence-corrected chi connectivity index (χ0v) is 10.0. The molecular weight excluding hydrogens is 242 g/mol. The Bertz CT molecular complexity index is 321. The van der Waals surface area contributed by atoms with Crippen molar-refractivity contribution in [1.29, 1.82) is 0 Å². The molecule has 3 nitrogen and oxygen atoms in total. The summed E-state index contributed by atoms with van der Waals surface area (Å²) in [4.78, 5) is 8.38. The number of hydrogen-bond acceptors (Lipinski definition) is 3. The van der Waals surface area contributed by atoms with Crippen LogP contribution in [0.25, 0.3) is 0 Å². The Morgan fingerprint density at radius 1 is 1.43 bits per heavy atom. The molecule has 76 valence electrons. The summed E-state index contributed by atoms with van der Waals surface area (Å²) in [5.41, 5.74) is 0.398. The second kappa shape index (κ2) is 3.50. The Labute approximate surface area is 92.5 Å². The van der Waals surface area contributed by atoms with Crippen LogP contribution in [-0.2, 0) is 0 Å². The van der Waals surface area contributed by atoms with Crippen molar-refractivity contribution in [2.45, 2.75) is 32.7 Å². The summed E-state index contributed by atoms with van der Waals surface area (Å²) in [5, 5.41) is 3.40. The lowest BCUT2D eigenvalue weighted by Crippen LogP contribution is -2.45. The predicted molar refractivity (Wildman–Crippen MR) is 60.2 cm³/mol. The topological polar surface area (TPSA) is 37.8 Å². The minimum atomic E-state index is 0.398. The van der Waals surface area contributed by atoms with Crippen LogP contribution in [0.2, 0.25) is 0 Å². The summed E-state index contributed by atoms with van der Waals surface area (Å²) in [6.07, 6.45) is 5.99. The molecular formula is C10H14BrN3. The molecule has 0 amide bonds. The molecule has 1 unspecified atom stereocenters. The van der Waals surface area contributed by atoms with Crippen LogP contribution in [0.3, 0.4) is 0 Å². The van der Waals surface area contributed by atoms with E-state index in [1.807, 2.05) is 0 Å². The van der Waals surface area contributed by atoms with E-state index in [0.717, 1.165) is 10.4 Å². The average molecular weight is 256 g/mol. The highest BCUT2D eigenvalue weighted by Crippen LogP contribution is 2.41. The van der Waals surface area contributed by atoms with Crippen molar-refractivity contribution < 1.29 is 0 Å². The van der Waals surface area contributed by atoms with Gasteiger partial charge in [-0.3, -0.25) is 0 Å². The number of hydrogen-bond donors (Lipinski definition) is 1. The summed E-state index contributed by atoms with van der Waals surface area (Å²) >= 11 is 3.26. The SMILES string of the molecule is CC1(C)CCC1Nc1cnc(Br)cn1. The van der Waals surface area contributed by atoms with Gasteiger partial charge in [-0.05, 0) is 34.2 Å². The zero-order chi connectivity index (χ0) is 10.2. The third-order valence-corrected chi connectivity index (χ3v) is 3.37. The van der Waals surface area contributed by atoms with Crippen LogP contribution in [0.1, 0.15) is 26.7 Å². The Hall–Kier alpha value is -0.640. The van der Waals surface area contributed by atoms with Crippen molar-refractivity contribution in [3.05, 3.63) is 17.0 Å². The van der Waals surface area contributed by atoms with Gasteiger partial charge in [-0.1, -0.05) is 13.8 Å². The minimum Gasteiger partial charge on any atom is -0.366 e. The Balaban J connectivity index is 2.01. The monoisotopic (exact) mass is 255 g/mol. The predicted octanol–water partition coefficient (Wildman–Crippen LogP) is 2.84. The van der Waals surface area contributed by atoms with Gasteiger partial charge in [0.2, 0.25) is 0 Å². The summed E-state index contributed by atoms with van der Waals surface area (Å²) in [5.74, 6) is 0.867. The van der Waals surface area contributed by atoms with E-state index in [9.17, 15) is 0 Å². The van der Waals surface area contributed by atoms with Gasteiger partial charge in [0.05, 0.1) is 12.4 Å². The molecule has 1 aliphatic rings. The maximum Gasteiger partial charge on any atom is 0.144 e. The fourth-order valence-electron chi connectivity index (χ4n) is 1.70. The molecule has 1 aromatic rings. The highest BCUT2D eigenvalue weighted by Gasteiger charge is 2.38. The van der Waals surface area contributed by atoms with Crippen molar-refractivity contribution in [2.24, 2.45) is 5.41 Å². The first-order chi connectivity index (χ1) is 6.58. The molecule has 1 fully saturated rings. The average Bonchev–Trinajstić information content (AvgIpc) is 2.15. The van der Waals surface area contributed by atoms with Crippen LogP contribution in [0.15, 0.2) is 17.0 Å². The molecule has 0 spiro atoms. The van der Waals surface area contributed by atoms with Crippen LogP contribution in [0.5, 0.6) is 0 Å². The summed E-state index contributed by atoms with van der Waals surface area (Å²) in [6, 6.07) is 0.540. The van der Waals surface area contributed by atoms with Gasteiger partial charge in [0, 0.05) is 6.04 Å². The third kappa shape index (κ3) is 1.90. The van der Waals surface area contributed by atoms with E-state index in [-0.39, 0.29) is 0 Å². The summed E-state index contributed by atoms with van der Waals surface area (Å²) < 4.78 is 0.774. The highest BCUT2D eigenvalue weighted by molar-refractivity contribution is 9.10. The van der Waals surface area contributed by atoms with Crippen molar-refractivity contribution >= 4 is 21.7 Å². The quantitative estimate of drug-likeness (QED) is 0.884. The Morgan fingerprint density at radius 2 is 2.21 bits per heavy atom. The molecule has 0 saturated heterocycles. The summed E-state index contributed by atoms with van der Waals surface area (Å²) in [7, 11) is 0. The van der Waals surface area contributed by atoms with Crippen LogP contribution in [-0.4, -0.2) is 16.0 Å². The van der Waals surface area contributed by atoms with Crippen molar-refractivity contribution in [3.8, 4) is 0 Å². The normalized spacial score (nSPS) is 24.1. The molecule has 0 aliphatic heterocycles. The van der Waals surface area contributed by atoms with Crippen molar-refractivity contribution in [3.63, 3.8) is 0 Å². The van der Waals surface area contributed by atoms with E-state index in [4.69, 9.17) is 0 Å². The first kappa shape index (κ1) is 9.90. The van der Waals surface area contributed by atoms with Gasteiger partial charge in [-0.25, -0.2) is 9.97 Å². The van der Waals surface area contributed by atoms with Gasteiger partial charge < -0.3 is 5.32 Å². The van der Waals surface area contributed by atoms with Gasteiger partial charge in [0.1, 0.15) is 10.4 Å². The van der Waals surface area contributed by atoms with E-state index in [0.29, 0.717) is 11.5 Å². The van der Waals surface area contributed by atoms with Crippen LogP contribution >= 0.6 is 15.9 Å². The minimum absolute atomic E-state index is 0.398. The lowest BCUT2D eigenvalue weighted by Gasteiger charge is -2.45. The van der Waals surface area contributed by atoms with Crippen molar-refractivity contribution in [1.82, 2.24) is 9.97 Å². The first-order valence-corrected chi connectivity index (χ1v) is 5.61. The Kier molecular flexibility index (Phi) is 2.47. The lowest BCUT2D eigenvalue weighted by molar-refractivity contribution is 0.159. The highest BCUT2D eigenvalue weighted by atomic mass is 79.9. The van der Waals surface area contributed by atoms with Gasteiger partial charge in [-0.15, -0.1) is 0 Å². The van der Waals surface area contributed by atoms with Crippen LogP contribution in [0.4, 0.5) is 5.82 Å². The van der Waals surface area contributed by atoms with Crippen molar-refractivity contribution in [2.75, 3.05) is 5.32 Å². The van der Waals surface area contributed by atoms with E-state index < -0.39 is 0 Å². The molecule has 2 rings (SSSR count). The molecule has 0 aromatic carbocycles. The first-order valence-electron chi connectivity index (χ1n) is 4.82. The molecule has 4 heteroatoms. The number of anilines is 1. The second-order valence-corrected chi connectivity index (χ2v) is 5.26. The molecule has 1 heterocycles. The Morgan fingerprint density at radius 3 is 2.64 bits per heavy atom. The van der Waals surface area contributed by atoms with E-state index in [1.54, 1.807) is 12.4 Å². The molecule has 1 atom stereocenters. The molecule has 1 aliphatic carbocycles. The smallest absolute Gasteiger partial charge is 0.144 e. The summed E-state index contributed by atoms with van der Waals surface area (Å²) in [6.45, 7) is 4.56. The lowest BCUT2D eigenvalue weighted by atomic mass is 9.67. The molecule has 0 bridgehead atoms. The number of aromatic nitrogens is 2. The fraction of sp³-hybridized carbons (Fsp3) is 0.600. The number of halogens is 1. The maximum atomic E-state index is 4.25. The molecule has 0 radical (unpaired) electrons. The van der Waals surface area contributed by atoms with Crippen LogP contribution in [0, 0.1) is 5.41 Å². The van der Waals surface area contributed by atoms with E-state index >= 15 is 0 Å². The third-order valence-electron chi connectivity index (χ3n) is 2.96. The number of rotatable bonds is 2. The molecule has 14 heavy (non-hydrogen) atoms. The molecule has 1 aromatic heterocycles. The standard InChI is InChI=1S/C10H14BrN3/c1-10(2)4-3-7(10)14-9-6-12-8(11)5-13-9/h5-7H,3-4H2,1-2H3,(H,13,14).